The molecular weight excluding hydrogens is 1020 g/mol. The molecule has 0 aliphatic heterocycles. The molecule has 0 saturated heterocycles. The molecule has 0 aromatic carbocycles. The average molecular weight is 1130 g/mol. The molecule has 4 aliphatic carbocycles. The molecule has 0 aromatic rings. The van der Waals surface area contributed by atoms with E-state index in [-0.39, 0.29) is 48.6 Å². The summed E-state index contributed by atoms with van der Waals surface area (Å²) in [4.78, 5) is 47.9. The van der Waals surface area contributed by atoms with E-state index in [9.17, 15) is 19.2 Å². The molecule has 4 rings (SSSR count). The third-order valence-corrected chi connectivity index (χ3v) is 16.6. The van der Waals surface area contributed by atoms with Gasteiger partial charge in [0.1, 0.15) is 6.10 Å². The Morgan fingerprint density at radius 1 is 0.532 bits per heavy atom. The number of alkyl carbamates (subject to hydrolysis) is 1. The van der Waals surface area contributed by atoms with Gasteiger partial charge in [-0.05, 0) is 91.3 Å². The number of hydrogen-bond acceptors (Lipinski definition) is 16. The third-order valence-electron chi connectivity index (χ3n) is 16.6. The van der Waals surface area contributed by atoms with E-state index in [1.165, 1.54) is 64.0 Å². The number of allylic oxidation sites excluding steroid dienone is 1. The summed E-state index contributed by atoms with van der Waals surface area (Å²) in [5.41, 5.74) is 2.16. The van der Waals surface area contributed by atoms with E-state index in [4.69, 9.17) is 56.8 Å². The zero-order valence-electron chi connectivity index (χ0n) is 49.5. The molecule has 4 amide bonds. The second-order valence-electron chi connectivity index (χ2n) is 22.5. The Kier molecular flexibility index (Phi) is 35.6. The molecule has 0 spiro atoms. The molecule has 1 unspecified atom stereocenters. The van der Waals surface area contributed by atoms with E-state index in [1.54, 1.807) is 0 Å². The van der Waals surface area contributed by atoms with Crippen LogP contribution < -0.4 is 21.3 Å². The van der Waals surface area contributed by atoms with E-state index in [2.05, 4.69) is 62.0 Å². The summed E-state index contributed by atoms with van der Waals surface area (Å²) in [6, 6.07) is 0. The van der Waals surface area contributed by atoms with Gasteiger partial charge in [-0.3, -0.25) is 14.4 Å². The summed E-state index contributed by atoms with van der Waals surface area (Å²) in [7, 11) is 1.54. The lowest BCUT2D eigenvalue weighted by Gasteiger charge is -2.58. The normalized spacial score (nSPS) is 23.8. The topological polar surface area (TPSA) is 227 Å². The van der Waals surface area contributed by atoms with Crippen LogP contribution in [0.3, 0.4) is 0 Å². The highest BCUT2D eigenvalue weighted by atomic mass is 16.6. The van der Waals surface area contributed by atoms with Crippen LogP contribution in [0.2, 0.25) is 0 Å². The minimum absolute atomic E-state index is 0.140. The smallest absolute Gasteiger partial charge is 0.407 e. The fourth-order valence-corrected chi connectivity index (χ4v) is 12.4. The van der Waals surface area contributed by atoms with Crippen molar-refractivity contribution in [1.82, 2.24) is 21.3 Å². The molecule has 3 saturated carbocycles. The van der Waals surface area contributed by atoms with Crippen LogP contribution in [0.15, 0.2) is 11.6 Å². The number of hydrogen-bond donors (Lipinski definition) is 4. The van der Waals surface area contributed by atoms with E-state index < -0.39 is 6.09 Å². The lowest BCUT2D eigenvalue weighted by molar-refractivity contribution is -0.126. The SMILES string of the molecule is CNC(=O)CCC(=O)NCCOCCOCCOCCOCCOCCOCCOCCOCCOCCOCCOCCNC(=O)CNC(=O)OC1CC[C@@]2(C)C(=CC[C@H]3[C@@H]4CC[C@H]([C@H](C)CCCC(C)C)[C@@]4(C)CC[C@@H]32)C1. The van der Waals surface area contributed by atoms with E-state index >= 15 is 0 Å². The number of amides is 4. The largest absolute Gasteiger partial charge is 0.446 e. The Balaban J connectivity index is 0.824. The van der Waals surface area contributed by atoms with Gasteiger partial charge in [0, 0.05) is 39.4 Å². The quantitative estimate of drug-likeness (QED) is 0.0401. The number of ether oxygens (including phenoxy) is 12. The molecule has 8 atom stereocenters. The van der Waals surface area contributed by atoms with Gasteiger partial charge in [-0.15, -0.1) is 0 Å². The fraction of sp³-hybridized carbons (Fsp3) is 0.898. The summed E-state index contributed by atoms with van der Waals surface area (Å²) < 4.78 is 66.5. The molecule has 4 N–H and O–H groups in total. The number of carbonyl (C=O) groups is 4. The van der Waals surface area contributed by atoms with Crippen molar-refractivity contribution < 1.29 is 76.0 Å². The van der Waals surface area contributed by atoms with Crippen molar-refractivity contribution in [2.24, 2.45) is 46.3 Å². The average Bonchev–Trinajstić information content (AvgIpc) is 4.04. The number of rotatable bonds is 47. The van der Waals surface area contributed by atoms with Crippen molar-refractivity contribution in [3.8, 4) is 0 Å². The van der Waals surface area contributed by atoms with Crippen LogP contribution in [0, 0.1) is 46.3 Å². The van der Waals surface area contributed by atoms with E-state index in [0.29, 0.717) is 164 Å². The van der Waals surface area contributed by atoms with Gasteiger partial charge in [-0.1, -0.05) is 65.5 Å². The van der Waals surface area contributed by atoms with Gasteiger partial charge in [0.15, 0.2) is 0 Å². The Morgan fingerprint density at radius 3 is 1.46 bits per heavy atom. The van der Waals surface area contributed by atoms with Crippen LogP contribution in [0.4, 0.5) is 4.79 Å². The van der Waals surface area contributed by atoms with Crippen molar-refractivity contribution in [2.75, 3.05) is 172 Å². The maximum absolute atomic E-state index is 12.8. The lowest BCUT2D eigenvalue weighted by atomic mass is 9.47. The molecular formula is C59H106N4O16. The molecule has 458 valence electrons. The van der Waals surface area contributed by atoms with Crippen molar-refractivity contribution in [3.63, 3.8) is 0 Å². The van der Waals surface area contributed by atoms with Gasteiger partial charge in [-0.25, -0.2) is 4.79 Å². The predicted molar refractivity (Wildman–Crippen MR) is 300 cm³/mol. The molecule has 20 nitrogen and oxygen atoms in total. The summed E-state index contributed by atoms with van der Waals surface area (Å²) in [6.07, 6.45) is 15.6. The van der Waals surface area contributed by atoms with Crippen LogP contribution in [0.1, 0.15) is 118 Å². The van der Waals surface area contributed by atoms with Gasteiger partial charge in [0.2, 0.25) is 17.7 Å². The first kappa shape index (κ1) is 68.5. The van der Waals surface area contributed by atoms with Crippen molar-refractivity contribution in [1.29, 1.82) is 0 Å². The molecule has 0 heterocycles. The molecule has 0 bridgehead atoms. The molecule has 0 radical (unpaired) electrons. The van der Waals surface area contributed by atoms with Crippen LogP contribution in [-0.2, 0) is 71.2 Å². The second kappa shape index (κ2) is 41.1. The van der Waals surface area contributed by atoms with E-state index in [1.807, 2.05) is 0 Å². The van der Waals surface area contributed by atoms with E-state index in [0.717, 1.165) is 54.8 Å². The van der Waals surface area contributed by atoms with Crippen molar-refractivity contribution in [3.05, 3.63) is 11.6 Å². The maximum atomic E-state index is 12.8. The highest BCUT2D eigenvalue weighted by Gasteiger charge is 2.59. The summed E-state index contributed by atoms with van der Waals surface area (Å²) in [5.74, 6) is 4.16. The van der Waals surface area contributed by atoms with Gasteiger partial charge in [0.05, 0.1) is 152 Å². The minimum atomic E-state index is -0.532. The standard InChI is InChI=1S/C59H106N4O16/c1-46(2)8-7-9-47(3)51-12-13-52-50-11-10-48-44-49(16-18-58(48,4)53(50)17-19-59(51,52)5)79-57(67)63-45-56(66)62-21-23-69-25-27-71-29-31-73-33-35-75-37-39-77-41-43-78-42-40-76-38-36-74-34-32-72-30-28-70-26-24-68-22-20-61-55(65)15-14-54(64)60-6/h10,46-47,49-53H,7-9,11-45H2,1-6H3,(H,60,64)(H,61,65)(H,62,66)(H,63,67)/t47-,49?,50+,51-,52+,53+,58+,59-/m1/s1. The van der Waals surface area contributed by atoms with Gasteiger partial charge in [-0.2, -0.15) is 0 Å². The first-order valence-electron chi connectivity index (χ1n) is 30.1. The number of fused-ring (bicyclic) bond motifs is 5. The van der Waals surface area contributed by atoms with Gasteiger partial charge >= 0.3 is 6.09 Å². The van der Waals surface area contributed by atoms with Crippen LogP contribution in [0.5, 0.6) is 0 Å². The first-order valence-corrected chi connectivity index (χ1v) is 30.1. The van der Waals surface area contributed by atoms with Crippen molar-refractivity contribution in [2.45, 2.75) is 124 Å². The fourth-order valence-electron chi connectivity index (χ4n) is 12.4. The monoisotopic (exact) mass is 1130 g/mol. The Hall–Kier alpha value is -3.02. The first-order chi connectivity index (χ1) is 38.4. The highest BCUT2D eigenvalue weighted by Crippen LogP contribution is 2.67. The Morgan fingerprint density at radius 2 is 0.987 bits per heavy atom. The van der Waals surface area contributed by atoms with Gasteiger partial charge < -0.3 is 78.1 Å². The minimum Gasteiger partial charge on any atom is -0.446 e. The Labute approximate surface area is 473 Å². The van der Waals surface area contributed by atoms with Crippen LogP contribution >= 0.6 is 0 Å². The zero-order chi connectivity index (χ0) is 56.8. The zero-order valence-corrected chi connectivity index (χ0v) is 49.5. The molecule has 4 aliphatic rings. The molecule has 0 aromatic heterocycles. The number of carbonyl (C=O) groups excluding carboxylic acids is 4. The lowest BCUT2D eigenvalue weighted by Crippen LogP contribution is -2.51. The molecule has 79 heavy (non-hydrogen) atoms. The summed E-state index contributed by atoms with van der Waals surface area (Å²) in [6.45, 7) is 22.7. The van der Waals surface area contributed by atoms with Crippen molar-refractivity contribution >= 4 is 23.8 Å². The van der Waals surface area contributed by atoms with Crippen LogP contribution in [-0.4, -0.2) is 202 Å². The highest BCUT2D eigenvalue weighted by molar-refractivity contribution is 5.83. The molecule has 3 fully saturated rings. The molecule has 20 heteroatoms. The second-order valence-corrected chi connectivity index (χ2v) is 22.5. The van der Waals surface area contributed by atoms with Gasteiger partial charge in [0.25, 0.3) is 0 Å². The summed E-state index contributed by atoms with van der Waals surface area (Å²) >= 11 is 0. The number of nitrogens with one attached hydrogen (secondary N) is 4. The third kappa shape index (κ3) is 27.3. The predicted octanol–water partition coefficient (Wildman–Crippen LogP) is 6.06. The Bertz CT molecular complexity index is 1700. The maximum Gasteiger partial charge on any atom is 0.407 e. The van der Waals surface area contributed by atoms with Crippen LogP contribution in [0.25, 0.3) is 0 Å². The summed E-state index contributed by atoms with van der Waals surface area (Å²) in [5, 5.41) is 10.6.